The fourth-order valence-corrected chi connectivity index (χ4v) is 1.90. The van der Waals surface area contributed by atoms with Crippen LogP contribution in [-0.2, 0) is 9.53 Å². The molecule has 1 saturated heterocycles. The maximum Gasteiger partial charge on any atom is 0.358 e. The number of carbonyl (C=O) groups excluding carboxylic acids is 2. The first-order chi connectivity index (χ1) is 8.11. The maximum absolute atomic E-state index is 11.6. The number of hydrogen-bond donors (Lipinski definition) is 1. The molecule has 0 spiro atoms. The van der Waals surface area contributed by atoms with Crippen LogP contribution in [0.4, 0.5) is 5.82 Å². The lowest BCUT2D eigenvalue weighted by atomic mass is 10.4. The summed E-state index contributed by atoms with van der Waals surface area (Å²) in [6.45, 7) is 0.508. The lowest BCUT2D eigenvalue weighted by Crippen LogP contribution is -2.26. The van der Waals surface area contributed by atoms with Crippen LogP contribution in [0.25, 0.3) is 0 Å². The van der Waals surface area contributed by atoms with E-state index in [9.17, 15) is 9.59 Å². The second kappa shape index (κ2) is 4.70. The molecule has 0 aromatic carbocycles. The molecule has 1 fully saturated rings. The van der Waals surface area contributed by atoms with Gasteiger partial charge in [0, 0.05) is 18.2 Å². The Morgan fingerprint density at radius 2 is 2.29 bits per heavy atom. The van der Waals surface area contributed by atoms with Crippen LogP contribution >= 0.6 is 12.6 Å². The molecule has 1 aliphatic heterocycles. The number of methoxy groups -OCH3 is 1. The summed E-state index contributed by atoms with van der Waals surface area (Å²) in [5.74, 6) is -0.159. The van der Waals surface area contributed by atoms with Crippen molar-refractivity contribution in [1.29, 1.82) is 0 Å². The van der Waals surface area contributed by atoms with Crippen LogP contribution in [0.2, 0.25) is 0 Å². The van der Waals surface area contributed by atoms with Gasteiger partial charge >= 0.3 is 5.97 Å². The Hall–Kier alpha value is -1.63. The van der Waals surface area contributed by atoms with E-state index in [0.717, 1.165) is 0 Å². The van der Waals surface area contributed by atoms with Gasteiger partial charge in [-0.1, -0.05) is 0 Å². The van der Waals surface area contributed by atoms with E-state index < -0.39 is 5.97 Å². The molecule has 6 nitrogen and oxygen atoms in total. The number of anilines is 1. The first-order valence-electron chi connectivity index (χ1n) is 5.00. The molecule has 1 unspecified atom stereocenters. The Kier molecular flexibility index (Phi) is 3.28. The minimum absolute atomic E-state index is 0.0181. The summed E-state index contributed by atoms with van der Waals surface area (Å²) >= 11 is 4.24. The molecule has 90 valence electrons. The SMILES string of the molecule is COC(=O)c1cnc(N2CC(S)CC2=O)cn1. The van der Waals surface area contributed by atoms with Crippen LogP contribution in [-0.4, -0.2) is 40.7 Å². The quantitative estimate of drug-likeness (QED) is 0.606. The van der Waals surface area contributed by atoms with Gasteiger partial charge < -0.3 is 4.74 Å². The topological polar surface area (TPSA) is 72.4 Å². The Balaban J connectivity index is 2.18. The van der Waals surface area contributed by atoms with E-state index in [1.807, 2.05) is 0 Å². The van der Waals surface area contributed by atoms with Crippen molar-refractivity contribution < 1.29 is 14.3 Å². The van der Waals surface area contributed by atoms with E-state index in [4.69, 9.17) is 0 Å². The number of carbonyl (C=O) groups is 2. The van der Waals surface area contributed by atoms with Crippen molar-refractivity contribution in [3.63, 3.8) is 0 Å². The average Bonchev–Trinajstić information content (AvgIpc) is 2.68. The van der Waals surface area contributed by atoms with Crippen LogP contribution in [0.15, 0.2) is 12.4 Å². The van der Waals surface area contributed by atoms with Crippen molar-refractivity contribution in [2.24, 2.45) is 0 Å². The molecule has 7 heteroatoms. The molecule has 1 aromatic heterocycles. The standard InChI is InChI=1S/C10H11N3O3S/c1-16-10(15)7-3-12-8(4-11-7)13-5-6(17)2-9(13)14/h3-4,6,17H,2,5H2,1H3. The van der Waals surface area contributed by atoms with Gasteiger partial charge in [0.15, 0.2) is 11.5 Å². The number of amides is 1. The Bertz CT molecular complexity index is 449. The average molecular weight is 253 g/mol. The van der Waals surface area contributed by atoms with Gasteiger partial charge in [0.05, 0.1) is 19.5 Å². The van der Waals surface area contributed by atoms with E-state index in [1.165, 1.54) is 24.4 Å². The van der Waals surface area contributed by atoms with Crippen molar-refractivity contribution in [1.82, 2.24) is 9.97 Å². The summed E-state index contributed by atoms with van der Waals surface area (Å²) in [6, 6.07) is 0. The predicted molar refractivity (Wildman–Crippen MR) is 63.1 cm³/mol. The third-order valence-electron chi connectivity index (χ3n) is 2.41. The van der Waals surface area contributed by atoms with Gasteiger partial charge in [-0.3, -0.25) is 9.69 Å². The fourth-order valence-electron chi connectivity index (χ4n) is 1.58. The van der Waals surface area contributed by atoms with Crippen molar-refractivity contribution in [3.05, 3.63) is 18.1 Å². The molecule has 1 aliphatic rings. The lowest BCUT2D eigenvalue weighted by molar-refractivity contribution is -0.117. The fraction of sp³-hybridized carbons (Fsp3) is 0.400. The van der Waals surface area contributed by atoms with Crippen LogP contribution in [0.1, 0.15) is 16.9 Å². The zero-order chi connectivity index (χ0) is 12.4. The van der Waals surface area contributed by atoms with E-state index in [2.05, 4.69) is 27.3 Å². The van der Waals surface area contributed by atoms with E-state index in [0.29, 0.717) is 18.8 Å². The first kappa shape index (κ1) is 11.8. The zero-order valence-electron chi connectivity index (χ0n) is 9.16. The Morgan fingerprint density at radius 3 is 2.76 bits per heavy atom. The molecule has 0 saturated carbocycles. The van der Waals surface area contributed by atoms with Crippen LogP contribution < -0.4 is 4.90 Å². The monoisotopic (exact) mass is 253 g/mol. The number of ether oxygens (including phenoxy) is 1. The molecule has 2 rings (SSSR count). The molecule has 0 aliphatic carbocycles. The van der Waals surface area contributed by atoms with Gasteiger partial charge in [-0.15, -0.1) is 0 Å². The van der Waals surface area contributed by atoms with Crippen molar-refractivity contribution >= 4 is 30.3 Å². The maximum atomic E-state index is 11.6. The predicted octanol–water partition coefficient (Wildman–Crippen LogP) is 0.298. The third-order valence-corrected chi connectivity index (χ3v) is 2.76. The summed E-state index contributed by atoms with van der Waals surface area (Å²) in [6.07, 6.45) is 3.07. The highest BCUT2D eigenvalue weighted by Crippen LogP contribution is 2.21. The molecule has 2 heterocycles. The smallest absolute Gasteiger partial charge is 0.358 e. The third kappa shape index (κ3) is 2.38. The highest BCUT2D eigenvalue weighted by Gasteiger charge is 2.29. The summed E-state index contributed by atoms with van der Waals surface area (Å²) in [5.41, 5.74) is 0.116. The van der Waals surface area contributed by atoms with Crippen LogP contribution in [0.3, 0.4) is 0 Å². The van der Waals surface area contributed by atoms with Crippen LogP contribution in [0.5, 0.6) is 0 Å². The highest BCUT2D eigenvalue weighted by molar-refractivity contribution is 7.81. The molecular formula is C10H11N3O3S. The van der Waals surface area contributed by atoms with Crippen molar-refractivity contribution in [2.75, 3.05) is 18.6 Å². The van der Waals surface area contributed by atoms with Gasteiger partial charge in [0.25, 0.3) is 0 Å². The number of thiol groups is 1. The molecule has 0 radical (unpaired) electrons. The molecular weight excluding hydrogens is 242 g/mol. The molecule has 1 atom stereocenters. The van der Waals surface area contributed by atoms with Gasteiger partial charge in [-0.05, 0) is 0 Å². The van der Waals surface area contributed by atoms with Gasteiger partial charge in [0.1, 0.15) is 0 Å². The normalized spacial score (nSPS) is 19.5. The number of nitrogens with zero attached hydrogens (tertiary/aromatic N) is 3. The summed E-state index contributed by atoms with van der Waals surface area (Å²) < 4.78 is 4.51. The summed E-state index contributed by atoms with van der Waals surface area (Å²) in [4.78, 5) is 32.1. The molecule has 1 aromatic rings. The number of aromatic nitrogens is 2. The summed E-state index contributed by atoms with van der Waals surface area (Å²) in [5, 5.41) is 0.0181. The van der Waals surface area contributed by atoms with Gasteiger partial charge in [-0.2, -0.15) is 12.6 Å². The molecule has 0 bridgehead atoms. The molecule has 1 amide bonds. The Morgan fingerprint density at radius 1 is 1.53 bits per heavy atom. The van der Waals surface area contributed by atoms with Crippen molar-refractivity contribution in [3.8, 4) is 0 Å². The zero-order valence-corrected chi connectivity index (χ0v) is 10.1. The van der Waals surface area contributed by atoms with E-state index in [-0.39, 0.29) is 16.9 Å². The lowest BCUT2D eigenvalue weighted by Gasteiger charge is -2.13. The molecule has 17 heavy (non-hydrogen) atoms. The van der Waals surface area contributed by atoms with Crippen molar-refractivity contribution in [2.45, 2.75) is 11.7 Å². The molecule has 0 N–H and O–H groups in total. The second-order valence-electron chi connectivity index (χ2n) is 3.61. The summed E-state index contributed by atoms with van der Waals surface area (Å²) in [7, 11) is 1.27. The van der Waals surface area contributed by atoms with E-state index >= 15 is 0 Å². The second-order valence-corrected chi connectivity index (χ2v) is 4.34. The first-order valence-corrected chi connectivity index (χ1v) is 5.52. The van der Waals surface area contributed by atoms with Crippen LogP contribution in [0, 0.1) is 0 Å². The Labute approximate surface area is 103 Å². The largest absolute Gasteiger partial charge is 0.464 e. The number of rotatable bonds is 2. The highest BCUT2D eigenvalue weighted by atomic mass is 32.1. The minimum Gasteiger partial charge on any atom is -0.464 e. The number of hydrogen-bond acceptors (Lipinski definition) is 6. The van der Waals surface area contributed by atoms with E-state index in [1.54, 1.807) is 0 Å². The van der Waals surface area contributed by atoms with Gasteiger partial charge in [0.2, 0.25) is 5.91 Å². The number of esters is 1. The van der Waals surface area contributed by atoms with Gasteiger partial charge in [-0.25, -0.2) is 14.8 Å². The minimum atomic E-state index is -0.552.